The van der Waals surface area contributed by atoms with Crippen molar-refractivity contribution in [3.05, 3.63) is 28.7 Å². The van der Waals surface area contributed by atoms with E-state index in [0.29, 0.717) is 12.5 Å². The number of benzene rings is 1. The number of rotatable bonds is 7. The molecule has 0 radical (unpaired) electrons. The summed E-state index contributed by atoms with van der Waals surface area (Å²) in [5, 5.41) is 6.69. The van der Waals surface area contributed by atoms with E-state index in [9.17, 15) is 0 Å². The maximum absolute atomic E-state index is 5.32. The third-order valence-corrected chi connectivity index (χ3v) is 4.53. The molecule has 1 aromatic rings. The Bertz CT molecular complexity index is 498. The van der Waals surface area contributed by atoms with Crippen molar-refractivity contribution in [2.45, 2.75) is 13.3 Å². The van der Waals surface area contributed by atoms with Crippen LogP contribution in [0.3, 0.4) is 0 Å². The summed E-state index contributed by atoms with van der Waals surface area (Å²) in [5.41, 5.74) is 1.30. The van der Waals surface area contributed by atoms with E-state index in [0.717, 1.165) is 43.2 Å². The van der Waals surface area contributed by atoms with Gasteiger partial charge in [0.2, 0.25) is 0 Å². The molecule has 0 aromatic heterocycles. The van der Waals surface area contributed by atoms with Crippen LogP contribution >= 0.6 is 39.9 Å². The molecule has 1 heterocycles. The highest BCUT2D eigenvalue weighted by Crippen LogP contribution is 2.24. The van der Waals surface area contributed by atoms with Gasteiger partial charge in [-0.3, -0.25) is 4.99 Å². The van der Waals surface area contributed by atoms with Gasteiger partial charge in [-0.15, -0.1) is 24.0 Å². The van der Waals surface area contributed by atoms with Gasteiger partial charge >= 0.3 is 0 Å². The van der Waals surface area contributed by atoms with Crippen LogP contribution in [0.15, 0.2) is 33.7 Å². The molecule has 1 atom stereocenters. The molecule has 2 rings (SSSR count). The van der Waals surface area contributed by atoms with Gasteiger partial charge in [0.05, 0.1) is 6.61 Å². The minimum absolute atomic E-state index is 0. The van der Waals surface area contributed by atoms with Crippen molar-refractivity contribution in [1.82, 2.24) is 10.6 Å². The molecule has 0 amide bonds. The third-order valence-electron chi connectivity index (χ3n) is 4.00. The standard InChI is InChI=1S/C17H27BrN4O.HI/c1-3-23-11-9-20-17(19-2)21-12-14-8-10-22(13-14)16-6-4-15(18)5-7-16;/h4-7,14H,3,8-13H2,1-2H3,(H2,19,20,21);1H. The highest BCUT2D eigenvalue weighted by atomic mass is 127. The van der Waals surface area contributed by atoms with Crippen LogP contribution in [0.25, 0.3) is 0 Å². The van der Waals surface area contributed by atoms with Crippen LogP contribution < -0.4 is 15.5 Å². The molecule has 5 nitrogen and oxygen atoms in total. The van der Waals surface area contributed by atoms with Crippen LogP contribution in [0.2, 0.25) is 0 Å². The first-order valence-electron chi connectivity index (χ1n) is 8.25. The van der Waals surface area contributed by atoms with Gasteiger partial charge in [-0.05, 0) is 43.5 Å². The fourth-order valence-electron chi connectivity index (χ4n) is 2.73. The lowest BCUT2D eigenvalue weighted by molar-refractivity contribution is 0.152. The zero-order valence-corrected chi connectivity index (χ0v) is 18.3. The van der Waals surface area contributed by atoms with Crippen LogP contribution in [0.5, 0.6) is 0 Å². The highest BCUT2D eigenvalue weighted by Gasteiger charge is 2.22. The molecule has 1 aliphatic rings. The Hall–Kier alpha value is -0.540. The van der Waals surface area contributed by atoms with Crippen LogP contribution in [0.4, 0.5) is 5.69 Å². The van der Waals surface area contributed by atoms with Crippen LogP contribution in [-0.2, 0) is 4.74 Å². The molecule has 24 heavy (non-hydrogen) atoms. The molecule has 1 aromatic carbocycles. The molecule has 1 fully saturated rings. The Morgan fingerprint density at radius 2 is 2.08 bits per heavy atom. The Labute approximate surface area is 170 Å². The molecule has 1 unspecified atom stereocenters. The largest absolute Gasteiger partial charge is 0.380 e. The van der Waals surface area contributed by atoms with E-state index in [2.05, 4.69) is 60.7 Å². The monoisotopic (exact) mass is 510 g/mol. The molecule has 0 spiro atoms. The fourth-order valence-corrected chi connectivity index (χ4v) is 3.00. The number of nitrogens with zero attached hydrogens (tertiary/aromatic N) is 2. The van der Waals surface area contributed by atoms with E-state index in [1.807, 2.05) is 6.92 Å². The number of guanidine groups is 1. The number of ether oxygens (including phenoxy) is 1. The van der Waals surface area contributed by atoms with E-state index in [1.54, 1.807) is 7.05 Å². The lowest BCUT2D eigenvalue weighted by atomic mass is 10.1. The number of anilines is 1. The molecule has 0 bridgehead atoms. The number of halogens is 2. The summed E-state index contributed by atoms with van der Waals surface area (Å²) < 4.78 is 6.45. The van der Waals surface area contributed by atoms with Crippen molar-refractivity contribution in [3.8, 4) is 0 Å². The zero-order valence-electron chi connectivity index (χ0n) is 14.4. The van der Waals surface area contributed by atoms with E-state index < -0.39 is 0 Å². The average Bonchev–Trinajstić information content (AvgIpc) is 3.04. The van der Waals surface area contributed by atoms with E-state index >= 15 is 0 Å². The average molecular weight is 511 g/mol. The Kier molecular flexibility index (Phi) is 10.7. The number of aliphatic imine (C=N–C) groups is 1. The van der Waals surface area contributed by atoms with E-state index in [4.69, 9.17) is 4.74 Å². The lowest BCUT2D eigenvalue weighted by Gasteiger charge is -2.19. The molecule has 1 aliphatic heterocycles. The predicted octanol–water partition coefficient (Wildman–Crippen LogP) is 3.09. The second-order valence-electron chi connectivity index (χ2n) is 5.65. The molecule has 7 heteroatoms. The molecule has 0 saturated carbocycles. The van der Waals surface area contributed by atoms with E-state index in [1.165, 1.54) is 12.1 Å². The van der Waals surface area contributed by atoms with Crippen molar-refractivity contribution in [2.24, 2.45) is 10.9 Å². The zero-order chi connectivity index (χ0) is 16.5. The number of hydrogen-bond acceptors (Lipinski definition) is 3. The second-order valence-corrected chi connectivity index (χ2v) is 6.57. The topological polar surface area (TPSA) is 48.9 Å². The first kappa shape index (κ1) is 21.5. The normalized spacial score (nSPS) is 17.5. The van der Waals surface area contributed by atoms with Gasteiger partial charge in [-0.1, -0.05) is 15.9 Å². The molecule has 2 N–H and O–H groups in total. The summed E-state index contributed by atoms with van der Waals surface area (Å²) in [4.78, 5) is 6.70. The summed E-state index contributed by atoms with van der Waals surface area (Å²) >= 11 is 3.49. The van der Waals surface area contributed by atoms with Crippen LogP contribution in [-0.4, -0.2) is 52.4 Å². The minimum atomic E-state index is 0. The summed E-state index contributed by atoms with van der Waals surface area (Å²) in [5.74, 6) is 1.50. The van der Waals surface area contributed by atoms with Gasteiger partial charge in [-0.25, -0.2) is 0 Å². The van der Waals surface area contributed by atoms with Gasteiger partial charge in [-0.2, -0.15) is 0 Å². The first-order valence-corrected chi connectivity index (χ1v) is 9.05. The Morgan fingerprint density at radius 1 is 1.33 bits per heavy atom. The minimum Gasteiger partial charge on any atom is -0.380 e. The van der Waals surface area contributed by atoms with Gasteiger partial charge in [0.1, 0.15) is 0 Å². The first-order chi connectivity index (χ1) is 11.2. The summed E-state index contributed by atoms with van der Waals surface area (Å²) in [6, 6.07) is 8.55. The van der Waals surface area contributed by atoms with Crippen molar-refractivity contribution in [3.63, 3.8) is 0 Å². The molecule has 0 aliphatic carbocycles. The van der Waals surface area contributed by atoms with Crippen LogP contribution in [0, 0.1) is 5.92 Å². The maximum atomic E-state index is 5.32. The van der Waals surface area contributed by atoms with Crippen molar-refractivity contribution in [1.29, 1.82) is 0 Å². The predicted molar refractivity (Wildman–Crippen MR) is 116 cm³/mol. The smallest absolute Gasteiger partial charge is 0.191 e. The van der Waals surface area contributed by atoms with Gasteiger partial charge in [0.15, 0.2) is 5.96 Å². The Balaban J connectivity index is 0.00000288. The van der Waals surface area contributed by atoms with Crippen molar-refractivity contribution >= 4 is 51.6 Å². The van der Waals surface area contributed by atoms with Crippen molar-refractivity contribution in [2.75, 3.05) is 51.3 Å². The van der Waals surface area contributed by atoms with Gasteiger partial charge in [0.25, 0.3) is 0 Å². The second kappa shape index (κ2) is 11.9. The SMILES string of the molecule is CCOCCNC(=NC)NCC1CCN(c2ccc(Br)cc2)C1.I. The van der Waals surface area contributed by atoms with Gasteiger partial charge < -0.3 is 20.3 Å². The summed E-state index contributed by atoms with van der Waals surface area (Å²) in [7, 11) is 1.80. The molecular formula is C17H28BrIN4O. The Morgan fingerprint density at radius 3 is 2.75 bits per heavy atom. The van der Waals surface area contributed by atoms with Crippen LogP contribution in [0.1, 0.15) is 13.3 Å². The highest BCUT2D eigenvalue weighted by molar-refractivity contribution is 14.0. The number of nitrogens with one attached hydrogen (secondary N) is 2. The van der Waals surface area contributed by atoms with Gasteiger partial charge in [0, 0.05) is 50.0 Å². The third kappa shape index (κ3) is 7.14. The lowest BCUT2D eigenvalue weighted by Crippen LogP contribution is -2.41. The fraction of sp³-hybridized carbons (Fsp3) is 0.588. The summed E-state index contributed by atoms with van der Waals surface area (Å²) in [6.07, 6.45) is 1.21. The van der Waals surface area contributed by atoms with Crippen molar-refractivity contribution < 1.29 is 4.74 Å². The molecule has 136 valence electrons. The van der Waals surface area contributed by atoms with E-state index in [-0.39, 0.29) is 24.0 Å². The quantitative estimate of drug-likeness (QED) is 0.256. The molecular weight excluding hydrogens is 483 g/mol. The summed E-state index contributed by atoms with van der Waals surface area (Å²) in [6.45, 7) is 7.39. The maximum Gasteiger partial charge on any atom is 0.191 e. The number of hydrogen-bond donors (Lipinski definition) is 2. The molecule has 1 saturated heterocycles.